The molecule has 1 aromatic heterocycles. The van der Waals surface area contributed by atoms with E-state index in [9.17, 15) is 9.59 Å². The number of carbonyl (C=O) groups excluding carboxylic acids is 1. The highest BCUT2D eigenvalue weighted by atomic mass is 35.5. The van der Waals surface area contributed by atoms with E-state index in [0.717, 1.165) is 22.1 Å². The first-order valence-corrected chi connectivity index (χ1v) is 8.46. The minimum Gasteiger partial charge on any atom is -0.481 e. The zero-order valence-electron chi connectivity index (χ0n) is 11.8. The van der Waals surface area contributed by atoms with Gasteiger partial charge >= 0.3 is 5.97 Å². The highest BCUT2D eigenvalue weighted by Gasteiger charge is 2.30. The molecule has 0 bridgehead atoms. The van der Waals surface area contributed by atoms with Gasteiger partial charge in [0.15, 0.2) is 0 Å². The monoisotopic (exact) mass is 337 g/mol. The van der Waals surface area contributed by atoms with Gasteiger partial charge in [-0.05, 0) is 53.8 Å². The molecular formula is C16H16ClNO3S. The van der Waals surface area contributed by atoms with E-state index in [1.165, 1.54) is 0 Å². The molecular weight excluding hydrogens is 322 g/mol. The molecule has 2 N–H and O–H groups in total. The van der Waals surface area contributed by atoms with Gasteiger partial charge in [0.1, 0.15) is 0 Å². The fourth-order valence-corrected chi connectivity index (χ4v) is 4.09. The third-order valence-corrected chi connectivity index (χ3v) is 5.36. The van der Waals surface area contributed by atoms with E-state index in [-0.39, 0.29) is 17.9 Å². The van der Waals surface area contributed by atoms with Crippen LogP contribution in [0.1, 0.15) is 24.8 Å². The topological polar surface area (TPSA) is 66.4 Å². The van der Waals surface area contributed by atoms with Crippen LogP contribution in [0.25, 0.3) is 10.1 Å². The second kappa shape index (κ2) is 6.26. The first kappa shape index (κ1) is 15.3. The van der Waals surface area contributed by atoms with Crippen molar-refractivity contribution in [2.75, 3.05) is 0 Å². The maximum Gasteiger partial charge on any atom is 0.306 e. The Morgan fingerprint density at radius 3 is 2.91 bits per heavy atom. The van der Waals surface area contributed by atoms with E-state index in [0.29, 0.717) is 24.3 Å². The standard InChI is InChI=1S/C16H16ClNO3S/c17-11-2-4-14-13(7-11)10(8-22-14)6-15(19)18-12-3-1-9(5-12)16(20)21/h2,4,7-9,12H,1,3,5-6H2,(H,18,19)(H,20,21)/t9-,12+/m1/s1. The number of nitrogens with one attached hydrogen (secondary N) is 1. The lowest BCUT2D eigenvalue weighted by atomic mass is 10.1. The fraction of sp³-hybridized carbons (Fsp3) is 0.375. The van der Waals surface area contributed by atoms with Gasteiger partial charge in [-0.25, -0.2) is 0 Å². The number of aliphatic carboxylic acids is 1. The Labute approximate surface area is 137 Å². The predicted molar refractivity (Wildman–Crippen MR) is 87.4 cm³/mol. The summed E-state index contributed by atoms with van der Waals surface area (Å²) in [6, 6.07) is 5.65. The van der Waals surface area contributed by atoms with Gasteiger partial charge in [0, 0.05) is 15.8 Å². The number of thiophene rings is 1. The summed E-state index contributed by atoms with van der Waals surface area (Å²) in [6.07, 6.45) is 2.20. The van der Waals surface area contributed by atoms with Crippen molar-refractivity contribution < 1.29 is 14.7 Å². The van der Waals surface area contributed by atoms with Gasteiger partial charge in [0.25, 0.3) is 0 Å². The van der Waals surface area contributed by atoms with Crippen molar-refractivity contribution in [2.45, 2.75) is 31.7 Å². The molecule has 2 atom stereocenters. The largest absolute Gasteiger partial charge is 0.481 e. The molecule has 1 aliphatic rings. The molecule has 1 heterocycles. The second-order valence-corrected chi connectivity index (χ2v) is 7.04. The number of amides is 1. The van der Waals surface area contributed by atoms with Gasteiger partial charge in [0.2, 0.25) is 5.91 Å². The van der Waals surface area contributed by atoms with Crippen LogP contribution in [0.3, 0.4) is 0 Å². The summed E-state index contributed by atoms with van der Waals surface area (Å²) in [5, 5.41) is 15.6. The van der Waals surface area contributed by atoms with E-state index in [1.807, 2.05) is 23.6 Å². The minimum absolute atomic E-state index is 0.0258. The number of fused-ring (bicyclic) bond motifs is 1. The van der Waals surface area contributed by atoms with Gasteiger partial charge in [-0.15, -0.1) is 11.3 Å². The van der Waals surface area contributed by atoms with Crippen LogP contribution in [0, 0.1) is 5.92 Å². The Hall–Kier alpha value is -1.59. The zero-order chi connectivity index (χ0) is 15.7. The van der Waals surface area contributed by atoms with Gasteiger partial charge < -0.3 is 10.4 Å². The van der Waals surface area contributed by atoms with E-state index < -0.39 is 5.97 Å². The number of rotatable bonds is 4. The highest BCUT2D eigenvalue weighted by Crippen LogP contribution is 2.29. The van der Waals surface area contributed by atoms with Crippen LogP contribution in [0.2, 0.25) is 5.02 Å². The van der Waals surface area contributed by atoms with Crippen molar-refractivity contribution in [1.29, 1.82) is 0 Å². The zero-order valence-corrected chi connectivity index (χ0v) is 13.4. The Kier molecular flexibility index (Phi) is 4.36. The average Bonchev–Trinajstić information content (AvgIpc) is 3.07. The summed E-state index contributed by atoms with van der Waals surface area (Å²) < 4.78 is 1.11. The smallest absolute Gasteiger partial charge is 0.306 e. The summed E-state index contributed by atoms with van der Waals surface area (Å²) >= 11 is 7.61. The Morgan fingerprint density at radius 2 is 2.18 bits per heavy atom. The molecule has 1 amide bonds. The van der Waals surface area contributed by atoms with Gasteiger partial charge in [-0.2, -0.15) is 0 Å². The molecule has 1 aromatic carbocycles. The molecule has 116 valence electrons. The van der Waals surface area contributed by atoms with Gasteiger partial charge in [0.05, 0.1) is 12.3 Å². The van der Waals surface area contributed by atoms with E-state index in [2.05, 4.69) is 5.32 Å². The number of hydrogen-bond acceptors (Lipinski definition) is 3. The summed E-state index contributed by atoms with van der Waals surface area (Å²) in [4.78, 5) is 23.1. The van der Waals surface area contributed by atoms with Gasteiger partial charge in [-0.1, -0.05) is 11.6 Å². The molecule has 0 spiro atoms. The molecule has 0 radical (unpaired) electrons. The van der Waals surface area contributed by atoms with E-state index in [4.69, 9.17) is 16.7 Å². The Morgan fingerprint density at radius 1 is 1.36 bits per heavy atom. The van der Waals surface area contributed by atoms with E-state index >= 15 is 0 Å². The van der Waals surface area contributed by atoms with Crippen LogP contribution in [-0.2, 0) is 16.0 Å². The maximum atomic E-state index is 12.2. The third kappa shape index (κ3) is 3.25. The summed E-state index contributed by atoms with van der Waals surface area (Å²) in [5.41, 5.74) is 0.966. The number of carboxylic acid groups (broad SMARTS) is 1. The highest BCUT2D eigenvalue weighted by molar-refractivity contribution is 7.17. The van der Waals surface area contributed by atoms with Gasteiger partial charge in [-0.3, -0.25) is 9.59 Å². The van der Waals surface area contributed by atoms with E-state index in [1.54, 1.807) is 11.3 Å². The van der Waals surface area contributed by atoms with Crippen molar-refractivity contribution in [3.8, 4) is 0 Å². The molecule has 2 aromatic rings. The predicted octanol–water partition coefficient (Wildman–Crippen LogP) is 3.47. The molecule has 1 fully saturated rings. The lowest BCUT2D eigenvalue weighted by Crippen LogP contribution is -2.34. The van der Waals surface area contributed by atoms with Crippen LogP contribution in [0.5, 0.6) is 0 Å². The van der Waals surface area contributed by atoms with Crippen molar-refractivity contribution >= 4 is 44.9 Å². The third-order valence-electron chi connectivity index (χ3n) is 4.11. The molecule has 4 nitrogen and oxygen atoms in total. The minimum atomic E-state index is -0.768. The molecule has 1 aliphatic carbocycles. The molecule has 0 unspecified atom stereocenters. The second-order valence-electron chi connectivity index (χ2n) is 5.69. The van der Waals surface area contributed by atoms with Crippen molar-refractivity contribution in [2.24, 2.45) is 5.92 Å². The number of hydrogen-bond donors (Lipinski definition) is 2. The number of benzene rings is 1. The number of carbonyl (C=O) groups is 2. The van der Waals surface area contributed by atoms with Crippen LogP contribution in [0.4, 0.5) is 0 Å². The van der Waals surface area contributed by atoms with Crippen LogP contribution >= 0.6 is 22.9 Å². The first-order valence-electron chi connectivity index (χ1n) is 7.20. The number of halogens is 1. The Bertz CT molecular complexity index is 727. The molecule has 1 saturated carbocycles. The summed E-state index contributed by atoms with van der Waals surface area (Å²) in [7, 11) is 0. The lowest BCUT2D eigenvalue weighted by molar-refractivity contribution is -0.141. The average molecular weight is 338 g/mol. The van der Waals surface area contributed by atoms with Crippen molar-refractivity contribution in [1.82, 2.24) is 5.32 Å². The fourth-order valence-electron chi connectivity index (χ4n) is 2.98. The quantitative estimate of drug-likeness (QED) is 0.897. The molecule has 0 saturated heterocycles. The van der Waals surface area contributed by atoms with Crippen LogP contribution in [0.15, 0.2) is 23.6 Å². The summed E-state index contributed by atoms with van der Waals surface area (Å²) in [5.74, 6) is -1.16. The normalized spacial score (nSPS) is 21.1. The SMILES string of the molecule is O=C(Cc1csc2ccc(Cl)cc12)N[C@H]1CC[C@@H](C(=O)O)C1. The number of carboxylic acids is 1. The van der Waals surface area contributed by atoms with Crippen LogP contribution < -0.4 is 5.32 Å². The lowest BCUT2D eigenvalue weighted by Gasteiger charge is -2.12. The van der Waals surface area contributed by atoms with Crippen LogP contribution in [-0.4, -0.2) is 23.0 Å². The van der Waals surface area contributed by atoms with Crippen molar-refractivity contribution in [3.63, 3.8) is 0 Å². The summed E-state index contributed by atoms with van der Waals surface area (Å²) in [6.45, 7) is 0. The maximum absolute atomic E-state index is 12.2. The molecule has 3 rings (SSSR count). The first-order chi connectivity index (χ1) is 10.5. The van der Waals surface area contributed by atoms with Crippen molar-refractivity contribution in [3.05, 3.63) is 34.2 Å². The Balaban J connectivity index is 1.64. The molecule has 22 heavy (non-hydrogen) atoms. The molecule has 6 heteroatoms. The molecule has 0 aliphatic heterocycles.